The van der Waals surface area contributed by atoms with Crippen LogP contribution in [0.15, 0.2) is 46.9 Å². The minimum atomic E-state index is 0.694. The smallest absolute Gasteiger partial charge is 0.0998 e. The van der Waals surface area contributed by atoms with Gasteiger partial charge in [-0.25, -0.2) is 0 Å². The van der Waals surface area contributed by atoms with Crippen molar-refractivity contribution in [1.29, 1.82) is 5.26 Å². The van der Waals surface area contributed by atoms with Crippen molar-refractivity contribution in [3.63, 3.8) is 0 Å². The minimum absolute atomic E-state index is 0.694. The Bertz CT molecular complexity index is 585. The summed E-state index contributed by atoms with van der Waals surface area (Å²) < 4.78 is 1.04. The van der Waals surface area contributed by atoms with Crippen LogP contribution in [-0.2, 0) is 5.33 Å². The molecule has 2 aromatic carbocycles. The highest BCUT2D eigenvalue weighted by molar-refractivity contribution is 9.11. The van der Waals surface area contributed by atoms with Crippen molar-refractivity contribution in [2.45, 2.75) is 5.33 Å². The molecule has 0 aliphatic rings. The lowest BCUT2D eigenvalue weighted by molar-refractivity contribution is 1.39. The van der Waals surface area contributed by atoms with Crippen LogP contribution < -0.4 is 0 Å². The highest BCUT2D eigenvalue weighted by atomic mass is 79.9. The van der Waals surface area contributed by atoms with E-state index in [1.54, 1.807) is 0 Å². The van der Waals surface area contributed by atoms with Gasteiger partial charge in [0.05, 0.1) is 11.6 Å². The van der Waals surface area contributed by atoms with E-state index in [-0.39, 0.29) is 0 Å². The van der Waals surface area contributed by atoms with Gasteiger partial charge in [-0.05, 0) is 33.1 Å². The number of hydrogen-bond donors (Lipinski definition) is 0. The van der Waals surface area contributed by atoms with Gasteiger partial charge in [-0.3, -0.25) is 0 Å². The second-order valence-electron chi connectivity index (χ2n) is 3.57. The first kappa shape index (κ1) is 12.3. The molecule has 0 atom stereocenters. The molecule has 0 saturated heterocycles. The Hall–Kier alpha value is -1.11. The number of alkyl halides is 1. The molecule has 0 amide bonds. The Morgan fingerprint density at radius 2 is 1.71 bits per heavy atom. The van der Waals surface area contributed by atoms with Gasteiger partial charge in [0.15, 0.2) is 0 Å². The number of rotatable bonds is 2. The first-order chi connectivity index (χ1) is 8.27. The molecule has 0 N–H and O–H groups in total. The van der Waals surface area contributed by atoms with Gasteiger partial charge < -0.3 is 0 Å². The number of nitriles is 1. The summed E-state index contributed by atoms with van der Waals surface area (Å²) in [5, 5.41) is 9.91. The van der Waals surface area contributed by atoms with Crippen LogP contribution in [0.4, 0.5) is 0 Å². The molecule has 0 aromatic heterocycles. The van der Waals surface area contributed by atoms with Gasteiger partial charge in [-0.2, -0.15) is 5.26 Å². The fourth-order valence-electron chi connectivity index (χ4n) is 1.71. The molecule has 0 aliphatic heterocycles. The van der Waals surface area contributed by atoms with Gasteiger partial charge in [0.25, 0.3) is 0 Å². The first-order valence-corrected chi connectivity index (χ1v) is 7.02. The van der Waals surface area contributed by atoms with E-state index in [1.807, 2.05) is 36.4 Å². The predicted molar refractivity (Wildman–Crippen MR) is 76.9 cm³/mol. The van der Waals surface area contributed by atoms with E-state index in [0.29, 0.717) is 5.56 Å². The van der Waals surface area contributed by atoms with Crippen molar-refractivity contribution in [3.05, 3.63) is 58.1 Å². The Balaban J connectivity index is 2.65. The minimum Gasteiger partial charge on any atom is -0.192 e. The van der Waals surface area contributed by atoms with Gasteiger partial charge in [0.2, 0.25) is 0 Å². The van der Waals surface area contributed by atoms with Gasteiger partial charge >= 0.3 is 0 Å². The van der Waals surface area contributed by atoms with Crippen molar-refractivity contribution in [2.24, 2.45) is 0 Å². The summed E-state index contributed by atoms with van der Waals surface area (Å²) in [5.41, 5.74) is 3.89. The number of hydrogen-bond acceptors (Lipinski definition) is 1. The van der Waals surface area contributed by atoms with Gasteiger partial charge in [-0.15, -0.1) is 0 Å². The van der Waals surface area contributed by atoms with E-state index in [1.165, 1.54) is 5.56 Å². The maximum absolute atomic E-state index is 9.12. The fraction of sp³-hybridized carbons (Fsp3) is 0.0714. The second kappa shape index (κ2) is 5.48. The maximum atomic E-state index is 9.12. The van der Waals surface area contributed by atoms with Crippen LogP contribution >= 0.6 is 31.9 Å². The Kier molecular flexibility index (Phi) is 3.98. The molecular weight excluding hydrogens is 342 g/mol. The van der Waals surface area contributed by atoms with E-state index in [0.717, 1.165) is 20.9 Å². The monoisotopic (exact) mass is 349 g/mol. The van der Waals surface area contributed by atoms with Gasteiger partial charge in [0, 0.05) is 15.4 Å². The topological polar surface area (TPSA) is 23.8 Å². The molecule has 17 heavy (non-hydrogen) atoms. The zero-order chi connectivity index (χ0) is 12.3. The predicted octanol–water partition coefficient (Wildman–Crippen LogP) is 4.88. The Morgan fingerprint density at radius 1 is 1.00 bits per heavy atom. The molecule has 0 saturated carbocycles. The number of halogens is 2. The molecule has 84 valence electrons. The summed E-state index contributed by atoms with van der Waals surface area (Å²) in [7, 11) is 0. The zero-order valence-corrected chi connectivity index (χ0v) is 12.1. The third kappa shape index (κ3) is 2.43. The molecule has 0 spiro atoms. The van der Waals surface area contributed by atoms with Crippen molar-refractivity contribution < 1.29 is 0 Å². The Labute approximate surface area is 117 Å². The lowest BCUT2D eigenvalue weighted by Crippen LogP contribution is -1.88. The van der Waals surface area contributed by atoms with Gasteiger partial charge in [-0.1, -0.05) is 52.3 Å². The van der Waals surface area contributed by atoms with E-state index in [9.17, 15) is 0 Å². The number of benzene rings is 2. The normalized spacial score (nSPS) is 9.94. The van der Waals surface area contributed by atoms with Gasteiger partial charge in [0.1, 0.15) is 0 Å². The molecule has 0 heterocycles. The van der Waals surface area contributed by atoms with Crippen LogP contribution in [0.5, 0.6) is 0 Å². The summed E-state index contributed by atoms with van der Waals surface area (Å²) in [6, 6.07) is 15.9. The van der Waals surface area contributed by atoms with Crippen molar-refractivity contribution >= 4 is 31.9 Å². The summed E-state index contributed by atoms with van der Waals surface area (Å²) in [5.74, 6) is 0. The SMILES string of the molecule is N#Cc1ccccc1-c1cccc(CBr)c1Br. The molecule has 3 heteroatoms. The van der Waals surface area contributed by atoms with Crippen molar-refractivity contribution in [3.8, 4) is 17.2 Å². The molecule has 2 aromatic rings. The summed E-state index contributed by atoms with van der Waals surface area (Å²) >= 11 is 7.06. The van der Waals surface area contributed by atoms with Crippen LogP contribution in [0, 0.1) is 11.3 Å². The zero-order valence-electron chi connectivity index (χ0n) is 8.95. The molecule has 2 rings (SSSR count). The standard InChI is InChI=1S/C14H9Br2N/c15-8-10-5-3-7-13(14(10)16)12-6-2-1-4-11(12)9-17/h1-7H,8H2. The first-order valence-electron chi connectivity index (χ1n) is 5.10. The summed E-state index contributed by atoms with van der Waals surface area (Å²) in [4.78, 5) is 0. The molecule has 0 radical (unpaired) electrons. The average molecular weight is 351 g/mol. The third-order valence-corrected chi connectivity index (χ3v) is 4.10. The second-order valence-corrected chi connectivity index (χ2v) is 4.92. The lowest BCUT2D eigenvalue weighted by Gasteiger charge is -2.09. The summed E-state index contributed by atoms with van der Waals surface area (Å²) in [6.45, 7) is 0. The van der Waals surface area contributed by atoms with E-state index >= 15 is 0 Å². The fourth-order valence-corrected chi connectivity index (χ4v) is 3.17. The van der Waals surface area contributed by atoms with Crippen LogP contribution in [0.3, 0.4) is 0 Å². The average Bonchev–Trinajstić information content (AvgIpc) is 2.39. The van der Waals surface area contributed by atoms with Crippen molar-refractivity contribution in [2.75, 3.05) is 0 Å². The van der Waals surface area contributed by atoms with Crippen LogP contribution in [0.1, 0.15) is 11.1 Å². The van der Waals surface area contributed by atoms with Crippen LogP contribution in [-0.4, -0.2) is 0 Å². The quantitative estimate of drug-likeness (QED) is 0.708. The Morgan fingerprint density at radius 3 is 2.41 bits per heavy atom. The van der Waals surface area contributed by atoms with E-state index in [2.05, 4.69) is 44.0 Å². The largest absolute Gasteiger partial charge is 0.192 e. The van der Waals surface area contributed by atoms with E-state index < -0.39 is 0 Å². The van der Waals surface area contributed by atoms with Crippen LogP contribution in [0.2, 0.25) is 0 Å². The van der Waals surface area contributed by atoms with Crippen molar-refractivity contribution in [1.82, 2.24) is 0 Å². The molecule has 0 fully saturated rings. The molecule has 0 unspecified atom stereocenters. The lowest BCUT2D eigenvalue weighted by atomic mass is 9.99. The van der Waals surface area contributed by atoms with Crippen LogP contribution in [0.25, 0.3) is 11.1 Å². The van der Waals surface area contributed by atoms with E-state index in [4.69, 9.17) is 5.26 Å². The molecule has 1 nitrogen and oxygen atoms in total. The number of nitrogens with zero attached hydrogens (tertiary/aromatic N) is 1. The molecule has 0 bridgehead atoms. The summed E-state index contributed by atoms with van der Waals surface area (Å²) in [6.07, 6.45) is 0. The third-order valence-electron chi connectivity index (χ3n) is 2.56. The highest BCUT2D eigenvalue weighted by Crippen LogP contribution is 2.33. The molecule has 0 aliphatic carbocycles. The highest BCUT2D eigenvalue weighted by Gasteiger charge is 2.09. The molecular formula is C14H9Br2N. The maximum Gasteiger partial charge on any atom is 0.0998 e.